The van der Waals surface area contributed by atoms with Crippen LogP contribution in [-0.2, 0) is 50.1 Å². The number of hydrogen-bond donors (Lipinski definition) is 1. The monoisotopic (exact) mass is 539 g/mol. The van der Waals surface area contributed by atoms with Gasteiger partial charge in [0.1, 0.15) is 30.6 Å². The summed E-state index contributed by atoms with van der Waals surface area (Å²) in [5, 5.41) is 0. The maximum Gasteiger partial charge on any atom is 0.135 e. The molecule has 0 bridgehead atoms. The fourth-order valence-electron chi connectivity index (χ4n) is 4.83. The quantitative estimate of drug-likeness (QED) is 0.237. The highest BCUT2D eigenvalue weighted by atomic mass is 16.6. The highest BCUT2D eigenvalue weighted by Gasteiger charge is 2.47. The maximum absolute atomic E-state index is 6.61. The van der Waals surface area contributed by atoms with Gasteiger partial charge in [-0.2, -0.15) is 0 Å². The Kier molecular flexibility index (Phi) is 10.5. The van der Waals surface area contributed by atoms with Crippen molar-refractivity contribution in [1.29, 1.82) is 0 Å². The van der Waals surface area contributed by atoms with Gasteiger partial charge < -0.3 is 29.4 Å². The Bertz CT molecular complexity index is 1240. The van der Waals surface area contributed by atoms with Gasteiger partial charge in [-0.25, -0.2) is 0 Å². The Balaban J connectivity index is 1.36. The van der Waals surface area contributed by atoms with Gasteiger partial charge in [-0.15, -0.1) is 0 Å². The van der Waals surface area contributed by atoms with E-state index >= 15 is 0 Å². The van der Waals surface area contributed by atoms with E-state index in [1.54, 1.807) is 0 Å². The third-order valence-electron chi connectivity index (χ3n) is 6.92. The average Bonchev–Trinajstić information content (AvgIpc) is 3.01. The molecule has 4 aromatic carbocycles. The van der Waals surface area contributed by atoms with Crippen LogP contribution >= 0.6 is 0 Å². The normalized spacial score (nSPS) is 22.7. The molecule has 4 aromatic rings. The van der Waals surface area contributed by atoms with Gasteiger partial charge in [0.2, 0.25) is 0 Å². The first-order chi connectivity index (χ1) is 19.8. The van der Waals surface area contributed by atoms with E-state index in [4.69, 9.17) is 29.4 Å². The molecule has 6 nitrogen and oxygen atoms in total. The molecule has 40 heavy (non-hydrogen) atoms. The summed E-state index contributed by atoms with van der Waals surface area (Å²) in [6, 6.07) is 40.2. The Morgan fingerprint density at radius 3 is 1.30 bits per heavy atom. The van der Waals surface area contributed by atoms with E-state index in [1.165, 1.54) is 0 Å². The van der Waals surface area contributed by atoms with Crippen molar-refractivity contribution < 1.29 is 23.7 Å². The van der Waals surface area contributed by atoms with Gasteiger partial charge in [0.05, 0.1) is 33.0 Å². The Morgan fingerprint density at radius 2 is 0.850 bits per heavy atom. The Hall–Kier alpha value is -3.36. The Labute approximate surface area is 236 Å². The van der Waals surface area contributed by atoms with Crippen LogP contribution in [0.25, 0.3) is 0 Å². The molecule has 0 amide bonds. The highest BCUT2D eigenvalue weighted by Crippen LogP contribution is 2.29. The van der Waals surface area contributed by atoms with E-state index in [1.807, 2.05) is 121 Å². The third-order valence-corrected chi connectivity index (χ3v) is 6.92. The lowest BCUT2D eigenvalue weighted by Crippen LogP contribution is -2.63. The number of rotatable bonds is 13. The molecule has 0 saturated carbocycles. The molecule has 1 fully saturated rings. The van der Waals surface area contributed by atoms with Crippen LogP contribution in [0, 0.1) is 0 Å². The molecular formula is C34H37NO5. The molecule has 0 radical (unpaired) electrons. The summed E-state index contributed by atoms with van der Waals surface area (Å²) in [6.45, 7) is 1.94. The minimum atomic E-state index is -0.716. The molecule has 0 aromatic heterocycles. The minimum absolute atomic E-state index is 0.304. The SMILES string of the molecule is N[C@@H]1O[C@H](COCc2ccccc2)[C@@H](OCc2ccccc2)[C@H](OCc2ccccc2)[C@@H]1OCc1ccccc1. The van der Waals surface area contributed by atoms with Gasteiger partial charge in [-0.1, -0.05) is 121 Å². The average molecular weight is 540 g/mol. The summed E-state index contributed by atoms with van der Waals surface area (Å²) in [5.41, 5.74) is 10.9. The van der Waals surface area contributed by atoms with Gasteiger partial charge in [0.15, 0.2) is 0 Å². The van der Waals surface area contributed by atoms with Gasteiger partial charge in [-0.3, -0.25) is 0 Å². The van der Waals surface area contributed by atoms with Crippen molar-refractivity contribution in [1.82, 2.24) is 0 Å². The van der Waals surface area contributed by atoms with Crippen molar-refractivity contribution in [2.24, 2.45) is 5.73 Å². The fourth-order valence-corrected chi connectivity index (χ4v) is 4.83. The molecule has 5 rings (SSSR count). The van der Waals surface area contributed by atoms with Crippen LogP contribution in [0.3, 0.4) is 0 Å². The first-order valence-electron chi connectivity index (χ1n) is 13.8. The molecule has 0 spiro atoms. The molecule has 2 N–H and O–H groups in total. The number of nitrogens with two attached hydrogens (primary N) is 1. The maximum atomic E-state index is 6.61. The molecule has 1 aliphatic heterocycles. The zero-order chi connectivity index (χ0) is 27.4. The summed E-state index contributed by atoms with van der Waals surface area (Å²) in [7, 11) is 0. The van der Waals surface area contributed by atoms with E-state index in [2.05, 4.69) is 0 Å². The summed E-state index contributed by atoms with van der Waals surface area (Å²) in [4.78, 5) is 0. The van der Waals surface area contributed by atoms with Crippen LogP contribution in [0.15, 0.2) is 121 Å². The zero-order valence-corrected chi connectivity index (χ0v) is 22.6. The lowest BCUT2D eigenvalue weighted by atomic mass is 9.97. The number of benzene rings is 4. The van der Waals surface area contributed by atoms with Crippen molar-refractivity contribution in [3.8, 4) is 0 Å². The predicted octanol–water partition coefficient (Wildman–Crippen LogP) is 5.64. The van der Waals surface area contributed by atoms with Crippen molar-refractivity contribution in [3.63, 3.8) is 0 Å². The zero-order valence-electron chi connectivity index (χ0n) is 22.6. The standard InChI is InChI=1S/C34H37NO5/c35-34-33(39-24-29-19-11-4-12-20-29)32(38-23-28-17-9-3-10-18-28)31(37-22-27-15-7-2-8-16-27)30(40-34)25-36-21-26-13-5-1-6-14-26/h1-20,30-34H,21-25,35H2/t30-,31-,32+,33+,34-/m1/s1. The third kappa shape index (κ3) is 8.08. The second kappa shape index (κ2) is 14.9. The Morgan fingerprint density at radius 1 is 0.475 bits per heavy atom. The predicted molar refractivity (Wildman–Crippen MR) is 154 cm³/mol. The van der Waals surface area contributed by atoms with Gasteiger partial charge >= 0.3 is 0 Å². The molecule has 1 aliphatic rings. The summed E-state index contributed by atoms with van der Waals surface area (Å²) < 4.78 is 32.0. The molecule has 0 aliphatic carbocycles. The molecular weight excluding hydrogens is 502 g/mol. The largest absolute Gasteiger partial charge is 0.374 e. The van der Waals surface area contributed by atoms with Crippen LogP contribution < -0.4 is 5.73 Å². The van der Waals surface area contributed by atoms with Crippen LogP contribution in [-0.4, -0.2) is 37.3 Å². The first kappa shape index (κ1) is 28.2. The van der Waals surface area contributed by atoms with Crippen molar-refractivity contribution in [3.05, 3.63) is 144 Å². The van der Waals surface area contributed by atoms with E-state index in [9.17, 15) is 0 Å². The van der Waals surface area contributed by atoms with Gasteiger partial charge in [0.25, 0.3) is 0 Å². The van der Waals surface area contributed by atoms with Crippen LogP contribution in [0.5, 0.6) is 0 Å². The molecule has 208 valence electrons. The lowest BCUT2D eigenvalue weighted by molar-refractivity contribution is -0.271. The smallest absolute Gasteiger partial charge is 0.135 e. The van der Waals surface area contributed by atoms with Gasteiger partial charge in [-0.05, 0) is 22.3 Å². The second-order valence-corrected chi connectivity index (χ2v) is 9.92. The summed E-state index contributed by atoms with van der Waals surface area (Å²) in [5.74, 6) is 0. The number of ether oxygens (including phenoxy) is 5. The second-order valence-electron chi connectivity index (χ2n) is 9.92. The molecule has 6 heteroatoms. The van der Waals surface area contributed by atoms with Crippen LogP contribution in [0.2, 0.25) is 0 Å². The van der Waals surface area contributed by atoms with Crippen molar-refractivity contribution >= 4 is 0 Å². The summed E-state index contributed by atoms with van der Waals surface area (Å²) in [6.07, 6.45) is -2.66. The lowest BCUT2D eigenvalue weighted by Gasteiger charge is -2.45. The molecule has 0 unspecified atom stereocenters. The van der Waals surface area contributed by atoms with Crippen LogP contribution in [0.4, 0.5) is 0 Å². The van der Waals surface area contributed by atoms with E-state index in [0.717, 1.165) is 22.3 Å². The van der Waals surface area contributed by atoms with Crippen molar-refractivity contribution in [2.45, 2.75) is 57.1 Å². The van der Waals surface area contributed by atoms with Crippen LogP contribution in [0.1, 0.15) is 22.3 Å². The van der Waals surface area contributed by atoms with Gasteiger partial charge in [0, 0.05) is 0 Å². The van der Waals surface area contributed by atoms with Crippen molar-refractivity contribution in [2.75, 3.05) is 6.61 Å². The fraction of sp³-hybridized carbons (Fsp3) is 0.294. The molecule has 5 atom stereocenters. The first-order valence-corrected chi connectivity index (χ1v) is 13.8. The molecule has 1 saturated heterocycles. The number of hydrogen-bond acceptors (Lipinski definition) is 6. The highest BCUT2D eigenvalue weighted by molar-refractivity contribution is 5.16. The van der Waals surface area contributed by atoms with E-state index in [-0.39, 0.29) is 0 Å². The van der Waals surface area contributed by atoms with E-state index in [0.29, 0.717) is 33.0 Å². The molecule has 1 heterocycles. The van der Waals surface area contributed by atoms with E-state index < -0.39 is 30.6 Å². The summed E-state index contributed by atoms with van der Waals surface area (Å²) >= 11 is 0. The minimum Gasteiger partial charge on any atom is -0.374 e. The topological polar surface area (TPSA) is 72.2 Å².